The van der Waals surface area contributed by atoms with Gasteiger partial charge in [-0.15, -0.1) is 0 Å². The fraction of sp³-hybridized carbons (Fsp3) is 0.423. The topological polar surface area (TPSA) is 108 Å². The molecule has 3 N–H and O–H groups in total. The zero-order valence-corrected chi connectivity index (χ0v) is 19.9. The van der Waals surface area contributed by atoms with E-state index in [0.717, 1.165) is 22.3 Å². The first-order valence-electron chi connectivity index (χ1n) is 11.6. The number of hydrogen-bond donors (Lipinski definition) is 3. The van der Waals surface area contributed by atoms with E-state index >= 15 is 0 Å². The van der Waals surface area contributed by atoms with Crippen LogP contribution in [0.2, 0.25) is 0 Å². The summed E-state index contributed by atoms with van der Waals surface area (Å²) in [5.41, 5.74) is 4.49. The minimum atomic E-state index is -0.985. The van der Waals surface area contributed by atoms with Crippen molar-refractivity contribution in [3.8, 4) is 11.1 Å². The van der Waals surface area contributed by atoms with E-state index in [2.05, 4.69) is 22.8 Å². The SMILES string of the molecule is CCC(CC(=O)O)NC(=O)C(CCN(C)C)NC(=O)OCC1c2ccccc2-c2ccccc21. The van der Waals surface area contributed by atoms with Crippen LogP contribution in [0.4, 0.5) is 4.79 Å². The lowest BCUT2D eigenvalue weighted by Crippen LogP contribution is -2.51. The second-order valence-corrected chi connectivity index (χ2v) is 8.83. The Kier molecular flexibility index (Phi) is 8.65. The van der Waals surface area contributed by atoms with Crippen LogP contribution in [-0.4, -0.2) is 67.3 Å². The Morgan fingerprint density at radius 2 is 1.59 bits per heavy atom. The summed E-state index contributed by atoms with van der Waals surface area (Å²) in [5.74, 6) is -1.47. The second-order valence-electron chi connectivity index (χ2n) is 8.83. The van der Waals surface area contributed by atoms with Gasteiger partial charge < -0.3 is 25.4 Å². The number of aliphatic carboxylic acids is 1. The van der Waals surface area contributed by atoms with Crippen LogP contribution in [0.25, 0.3) is 11.1 Å². The van der Waals surface area contributed by atoms with Crippen LogP contribution in [0.3, 0.4) is 0 Å². The number of alkyl carbamates (subject to hydrolysis) is 1. The summed E-state index contributed by atoms with van der Waals surface area (Å²) in [6, 6.07) is 14.8. The summed E-state index contributed by atoms with van der Waals surface area (Å²) < 4.78 is 5.59. The van der Waals surface area contributed by atoms with Crippen LogP contribution in [-0.2, 0) is 14.3 Å². The molecule has 0 radical (unpaired) electrons. The van der Waals surface area contributed by atoms with Crippen molar-refractivity contribution in [3.63, 3.8) is 0 Å². The van der Waals surface area contributed by atoms with E-state index in [-0.39, 0.29) is 18.9 Å². The molecule has 2 aromatic carbocycles. The maximum absolute atomic E-state index is 12.8. The van der Waals surface area contributed by atoms with E-state index in [0.29, 0.717) is 19.4 Å². The summed E-state index contributed by atoms with van der Waals surface area (Å²) in [4.78, 5) is 38.5. The van der Waals surface area contributed by atoms with Gasteiger partial charge in [-0.2, -0.15) is 0 Å². The maximum Gasteiger partial charge on any atom is 0.407 e. The summed E-state index contributed by atoms with van der Waals surface area (Å²) in [6.45, 7) is 2.53. The van der Waals surface area contributed by atoms with E-state index in [1.54, 1.807) is 0 Å². The number of carboxylic acids is 1. The van der Waals surface area contributed by atoms with Crippen LogP contribution in [0.5, 0.6) is 0 Å². The van der Waals surface area contributed by atoms with Crippen molar-refractivity contribution < 1.29 is 24.2 Å². The number of benzene rings is 2. The van der Waals surface area contributed by atoms with Gasteiger partial charge in [0.2, 0.25) is 5.91 Å². The fourth-order valence-corrected chi connectivity index (χ4v) is 4.25. The molecule has 0 aliphatic heterocycles. The molecule has 0 spiro atoms. The highest BCUT2D eigenvalue weighted by molar-refractivity contribution is 5.86. The highest BCUT2D eigenvalue weighted by atomic mass is 16.5. The summed E-state index contributed by atoms with van der Waals surface area (Å²) >= 11 is 0. The average Bonchev–Trinajstić information content (AvgIpc) is 3.13. The first-order valence-corrected chi connectivity index (χ1v) is 11.6. The van der Waals surface area contributed by atoms with Gasteiger partial charge in [-0.3, -0.25) is 9.59 Å². The normalized spacial score (nSPS) is 14.1. The van der Waals surface area contributed by atoms with Crippen molar-refractivity contribution in [2.45, 2.75) is 44.2 Å². The molecule has 182 valence electrons. The van der Waals surface area contributed by atoms with Gasteiger partial charge in [0.25, 0.3) is 0 Å². The maximum atomic E-state index is 12.8. The Labute approximate surface area is 200 Å². The molecular formula is C26H33N3O5. The van der Waals surface area contributed by atoms with Gasteiger partial charge in [0.1, 0.15) is 12.6 Å². The van der Waals surface area contributed by atoms with Gasteiger partial charge in [0.15, 0.2) is 0 Å². The molecule has 0 heterocycles. The first-order chi connectivity index (χ1) is 16.3. The molecule has 0 saturated heterocycles. The lowest BCUT2D eigenvalue weighted by molar-refractivity contribution is -0.137. The van der Waals surface area contributed by atoms with Crippen LogP contribution in [0.1, 0.15) is 43.2 Å². The molecule has 0 aromatic heterocycles. The number of carboxylic acid groups (broad SMARTS) is 1. The van der Waals surface area contributed by atoms with Gasteiger partial charge in [0.05, 0.1) is 6.42 Å². The lowest BCUT2D eigenvalue weighted by atomic mass is 9.98. The van der Waals surface area contributed by atoms with Gasteiger partial charge >= 0.3 is 12.1 Å². The fourth-order valence-electron chi connectivity index (χ4n) is 4.25. The van der Waals surface area contributed by atoms with Gasteiger partial charge in [-0.05, 0) is 55.7 Å². The zero-order chi connectivity index (χ0) is 24.7. The van der Waals surface area contributed by atoms with Crippen LogP contribution < -0.4 is 10.6 Å². The molecule has 2 amide bonds. The molecule has 34 heavy (non-hydrogen) atoms. The average molecular weight is 468 g/mol. The predicted molar refractivity (Wildman–Crippen MR) is 130 cm³/mol. The number of rotatable bonds is 11. The van der Waals surface area contributed by atoms with E-state index < -0.39 is 30.1 Å². The summed E-state index contributed by atoms with van der Waals surface area (Å²) in [5, 5.41) is 14.5. The molecule has 8 nitrogen and oxygen atoms in total. The van der Waals surface area contributed by atoms with Crippen molar-refractivity contribution in [1.82, 2.24) is 15.5 Å². The number of amides is 2. The standard InChI is InChI=1S/C26H33N3O5/c1-4-17(15-24(30)31)27-25(32)23(13-14-29(2)3)28-26(33)34-16-22-20-11-7-5-9-18(20)19-10-6-8-12-21(19)22/h5-12,17,22-23H,4,13-16H2,1-3H3,(H,27,32)(H,28,33)(H,30,31). The molecule has 0 bridgehead atoms. The third-order valence-electron chi connectivity index (χ3n) is 6.08. The van der Waals surface area contributed by atoms with Crippen LogP contribution >= 0.6 is 0 Å². The van der Waals surface area contributed by atoms with Crippen LogP contribution in [0.15, 0.2) is 48.5 Å². The largest absolute Gasteiger partial charge is 0.481 e. The number of nitrogens with one attached hydrogen (secondary N) is 2. The monoisotopic (exact) mass is 467 g/mol. The zero-order valence-electron chi connectivity index (χ0n) is 19.9. The molecule has 1 aliphatic carbocycles. The van der Waals surface area contributed by atoms with Crippen molar-refractivity contribution in [3.05, 3.63) is 59.7 Å². The molecule has 1 aliphatic rings. The molecule has 2 atom stereocenters. The van der Waals surface area contributed by atoms with E-state index in [4.69, 9.17) is 9.84 Å². The Hall–Kier alpha value is -3.39. The number of carbonyl (C=O) groups excluding carboxylic acids is 2. The van der Waals surface area contributed by atoms with Gasteiger partial charge in [-0.1, -0.05) is 55.5 Å². The van der Waals surface area contributed by atoms with Crippen molar-refractivity contribution in [1.29, 1.82) is 0 Å². The molecule has 0 fully saturated rings. The smallest absolute Gasteiger partial charge is 0.407 e. The Morgan fingerprint density at radius 1 is 1.00 bits per heavy atom. The van der Waals surface area contributed by atoms with Gasteiger partial charge in [-0.25, -0.2) is 4.79 Å². The number of fused-ring (bicyclic) bond motifs is 3. The summed E-state index contributed by atoms with van der Waals surface area (Å²) in [7, 11) is 3.75. The molecule has 2 aromatic rings. The van der Waals surface area contributed by atoms with Crippen molar-refractivity contribution in [2.24, 2.45) is 0 Å². The highest BCUT2D eigenvalue weighted by Crippen LogP contribution is 2.44. The Balaban J connectivity index is 1.65. The number of hydrogen-bond acceptors (Lipinski definition) is 5. The number of carbonyl (C=O) groups is 3. The third-order valence-corrected chi connectivity index (χ3v) is 6.08. The molecule has 2 unspecified atom stereocenters. The van der Waals surface area contributed by atoms with Crippen molar-refractivity contribution >= 4 is 18.0 Å². The van der Waals surface area contributed by atoms with E-state index in [1.807, 2.05) is 62.3 Å². The minimum absolute atomic E-state index is 0.0766. The second kappa shape index (κ2) is 11.7. The third kappa shape index (κ3) is 6.35. The first kappa shape index (κ1) is 25.2. The molecular weight excluding hydrogens is 434 g/mol. The van der Waals surface area contributed by atoms with E-state index in [9.17, 15) is 14.4 Å². The molecule has 8 heteroatoms. The number of ether oxygens (including phenoxy) is 1. The van der Waals surface area contributed by atoms with Crippen LogP contribution in [0, 0.1) is 0 Å². The van der Waals surface area contributed by atoms with E-state index in [1.165, 1.54) is 0 Å². The summed E-state index contributed by atoms with van der Waals surface area (Å²) in [6.07, 6.45) is -0.00388. The Bertz CT molecular complexity index is 978. The van der Waals surface area contributed by atoms with Gasteiger partial charge in [0, 0.05) is 12.0 Å². The quantitative estimate of drug-likeness (QED) is 0.468. The minimum Gasteiger partial charge on any atom is -0.481 e. The number of nitrogens with zero attached hydrogens (tertiary/aromatic N) is 1. The lowest BCUT2D eigenvalue weighted by Gasteiger charge is -2.23. The predicted octanol–water partition coefficient (Wildman–Crippen LogP) is 3.21. The highest BCUT2D eigenvalue weighted by Gasteiger charge is 2.30. The molecule has 3 rings (SSSR count). The Morgan fingerprint density at radius 3 is 2.12 bits per heavy atom. The molecule has 0 saturated carbocycles. The van der Waals surface area contributed by atoms with Crippen molar-refractivity contribution in [2.75, 3.05) is 27.2 Å².